The molecule has 1 unspecified atom stereocenters. The van der Waals surface area contributed by atoms with E-state index in [9.17, 15) is 9.59 Å². The van der Waals surface area contributed by atoms with Crippen LogP contribution in [-0.2, 0) is 16.1 Å². The highest BCUT2D eigenvalue weighted by molar-refractivity contribution is 5.94. The largest absolute Gasteiger partial charge is 0.350 e. The van der Waals surface area contributed by atoms with E-state index in [-0.39, 0.29) is 17.9 Å². The topological polar surface area (TPSA) is 52.7 Å². The quantitative estimate of drug-likeness (QED) is 0.740. The molecule has 1 heterocycles. The van der Waals surface area contributed by atoms with Gasteiger partial charge in [0.15, 0.2) is 0 Å². The average molecular weight is 394 g/mol. The van der Waals surface area contributed by atoms with Crippen molar-refractivity contribution in [3.8, 4) is 0 Å². The first-order valence-electron chi connectivity index (χ1n) is 10.6. The number of nitrogens with zero attached hydrogens (tertiary/aromatic N) is 2. The summed E-state index contributed by atoms with van der Waals surface area (Å²) in [7, 11) is 0. The van der Waals surface area contributed by atoms with E-state index in [4.69, 9.17) is 0 Å². The molecule has 1 saturated heterocycles. The Morgan fingerprint density at radius 1 is 1.07 bits per heavy atom. The van der Waals surface area contributed by atoms with Crippen LogP contribution < -0.4 is 10.2 Å². The van der Waals surface area contributed by atoms with E-state index < -0.39 is 0 Å². The average Bonchev–Trinajstić information content (AvgIpc) is 2.77. The summed E-state index contributed by atoms with van der Waals surface area (Å²) < 4.78 is 0. The van der Waals surface area contributed by atoms with Crippen LogP contribution in [0.25, 0.3) is 0 Å². The first-order chi connectivity index (χ1) is 14.1. The lowest BCUT2D eigenvalue weighted by atomic mass is 10.0. The van der Waals surface area contributed by atoms with Crippen molar-refractivity contribution in [3.63, 3.8) is 0 Å². The predicted octanol–water partition coefficient (Wildman–Crippen LogP) is 3.90. The minimum absolute atomic E-state index is 0.000600. The van der Waals surface area contributed by atoms with Crippen LogP contribution in [0.4, 0.5) is 5.69 Å². The van der Waals surface area contributed by atoms with Gasteiger partial charge in [0.1, 0.15) is 6.04 Å². The first kappa shape index (κ1) is 21.1. The number of likely N-dealkylation sites (N-methyl/N-ethyl adjacent to an activating group) is 1. The zero-order valence-corrected chi connectivity index (χ0v) is 17.4. The molecule has 1 aliphatic heterocycles. The molecule has 0 saturated carbocycles. The van der Waals surface area contributed by atoms with Gasteiger partial charge in [0.2, 0.25) is 11.8 Å². The van der Waals surface area contributed by atoms with Crippen molar-refractivity contribution in [1.82, 2.24) is 10.2 Å². The summed E-state index contributed by atoms with van der Waals surface area (Å²) >= 11 is 0. The normalized spacial score (nSPS) is 15.4. The number of benzene rings is 2. The van der Waals surface area contributed by atoms with Gasteiger partial charge in [0.05, 0.1) is 0 Å². The molecule has 0 aliphatic carbocycles. The fourth-order valence-corrected chi connectivity index (χ4v) is 3.95. The predicted molar refractivity (Wildman–Crippen MR) is 117 cm³/mol. The van der Waals surface area contributed by atoms with Crippen LogP contribution >= 0.6 is 0 Å². The Labute approximate surface area is 173 Å². The number of rotatable bonds is 8. The Hall–Kier alpha value is -2.66. The van der Waals surface area contributed by atoms with Crippen LogP contribution in [0.15, 0.2) is 54.6 Å². The van der Waals surface area contributed by atoms with E-state index in [2.05, 4.69) is 24.1 Å². The maximum absolute atomic E-state index is 13.1. The van der Waals surface area contributed by atoms with Crippen molar-refractivity contribution >= 4 is 17.5 Å². The number of carbonyl (C=O) groups excluding carboxylic acids is 2. The van der Waals surface area contributed by atoms with Crippen LogP contribution in [0.5, 0.6) is 0 Å². The lowest BCUT2D eigenvalue weighted by Gasteiger charge is -2.29. The zero-order chi connectivity index (χ0) is 20.6. The number of carbonyl (C=O) groups is 2. The van der Waals surface area contributed by atoms with Crippen LogP contribution in [0.2, 0.25) is 0 Å². The minimum Gasteiger partial charge on any atom is -0.350 e. The Morgan fingerprint density at radius 3 is 2.52 bits per heavy atom. The molecule has 1 atom stereocenters. The second-order valence-corrected chi connectivity index (χ2v) is 7.42. The van der Waals surface area contributed by atoms with Crippen molar-refractivity contribution in [2.45, 2.75) is 45.7 Å². The Morgan fingerprint density at radius 2 is 1.83 bits per heavy atom. The molecule has 5 heteroatoms. The molecule has 5 nitrogen and oxygen atoms in total. The number of nitrogens with one attached hydrogen (secondary N) is 1. The van der Waals surface area contributed by atoms with Gasteiger partial charge in [-0.05, 0) is 49.2 Å². The molecule has 154 valence electrons. The van der Waals surface area contributed by atoms with Gasteiger partial charge in [-0.2, -0.15) is 0 Å². The van der Waals surface area contributed by atoms with Gasteiger partial charge in [-0.1, -0.05) is 56.3 Å². The third-order valence-corrected chi connectivity index (χ3v) is 5.55. The van der Waals surface area contributed by atoms with Gasteiger partial charge < -0.3 is 10.2 Å². The molecule has 2 amide bonds. The minimum atomic E-state index is -0.307. The van der Waals surface area contributed by atoms with Crippen LogP contribution in [0, 0.1) is 0 Å². The SMILES string of the molecule is CCN(CC)C(C(=O)NCc1cccc(N2CCCCC2=O)c1)c1ccccc1. The first-order valence-corrected chi connectivity index (χ1v) is 10.6. The van der Waals surface area contributed by atoms with E-state index in [1.165, 1.54) is 0 Å². The monoisotopic (exact) mass is 393 g/mol. The number of anilines is 1. The zero-order valence-electron chi connectivity index (χ0n) is 17.4. The molecule has 0 bridgehead atoms. The molecule has 0 aromatic heterocycles. The fraction of sp³-hybridized carbons (Fsp3) is 0.417. The Bertz CT molecular complexity index is 818. The molecule has 0 spiro atoms. The molecule has 1 N–H and O–H groups in total. The van der Waals surface area contributed by atoms with Gasteiger partial charge in [-0.25, -0.2) is 0 Å². The number of hydrogen-bond acceptors (Lipinski definition) is 3. The van der Waals surface area contributed by atoms with Gasteiger partial charge in [0, 0.05) is 25.2 Å². The highest BCUT2D eigenvalue weighted by Gasteiger charge is 2.25. The number of piperidine rings is 1. The molecule has 0 radical (unpaired) electrons. The van der Waals surface area contributed by atoms with Crippen molar-refractivity contribution in [2.24, 2.45) is 0 Å². The van der Waals surface area contributed by atoms with Crippen molar-refractivity contribution in [3.05, 3.63) is 65.7 Å². The third-order valence-electron chi connectivity index (χ3n) is 5.55. The van der Waals surface area contributed by atoms with Crippen LogP contribution in [-0.4, -0.2) is 36.3 Å². The van der Waals surface area contributed by atoms with E-state index in [0.29, 0.717) is 13.0 Å². The molecular weight excluding hydrogens is 362 g/mol. The summed E-state index contributed by atoms with van der Waals surface area (Å²) in [4.78, 5) is 29.3. The van der Waals surface area contributed by atoms with Crippen LogP contribution in [0.3, 0.4) is 0 Å². The summed E-state index contributed by atoms with van der Waals surface area (Å²) in [5.74, 6) is 0.183. The van der Waals surface area contributed by atoms with E-state index >= 15 is 0 Å². The lowest BCUT2D eigenvalue weighted by Crippen LogP contribution is -2.40. The Balaban J connectivity index is 1.71. The van der Waals surface area contributed by atoms with Gasteiger partial charge in [0.25, 0.3) is 0 Å². The summed E-state index contributed by atoms with van der Waals surface area (Å²) in [5.41, 5.74) is 2.92. The van der Waals surface area contributed by atoms with E-state index in [1.807, 2.05) is 59.5 Å². The second kappa shape index (κ2) is 10.2. The second-order valence-electron chi connectivity index (χ2n) is 7.42. The third kappa shape index (κ3) is 5.24. The molecule has 29 heavy (non-hydrogen) atoms. The van der Waals surface area contributed by atoms with Gasteiger partial charge in [-0.15, -0.1) is 0 Å². The smallest absolute Gasteiger partial charge is 0.242 e. The van der Waals surface area contributed by atoms with Gasteiger partial charge in [-0.3, -0.25) is 14.5 Å². The van der Waals surface area contributed by atoms with E-state index in [0.717, 1.165) is 49.3 Å². The summed E-state index contributed by atoms with van der Waals surface area (Å²) in [5, 5.41) is 3.10. The maximum atomic E-state index is 13.1. The van der Waals surface area contributed by atoms with Crippen molar-refractivity contribution in [2.75, 3.05) is 24.5 Å². The summed E-state index contributed by atoms with van der Waals surface area (Å²) in [6.07, 6.45) is 2.62. The van der Waals surface area contributed by atoms with E-state index in [1.54, 1.807) is 0 Å². The van der Waals surface area contributed by atoms with Crippen molar-refractivity contribution in [1.29, 1.82) is 0 Å². The molecule has 3 rings (SSSR count). The highest BCUT2D eigenvalue weighted by atomic mass is 16.2. The maximum Gasteiger partial charge on any atom is 0.242 e. The molecule has 1 fully saturated rings. The lowest BCUT2D eigenvalue weighted by molar-refractivity contribution is -0.126. The number of hydrogen-bond donors (Lipinski definition) is 1. The summed E-state index contributed by atoms with van der Waals surface area (Å²) in [6, 6.07) is 17.5. The van der Waals surface area contributed by atoms with Crippen LogP contribution in [0.1, 0.15) is 50.3 Å². The highest BCUT2D eigenvalue weighted by Crippen LogP contribution is 2.23. The summed E-state index contributed by atoms with van der Waals surface area (Å²) in [6.45, 7) is 6.97. The molecule has 1 aliphatic rings. The fourth-order valence-electron chi connectivity index (χ4n) is 3.95. The van der Waals surface area contributed by atoms with Crippen molar-refractivity contribution < 1.29 is 9.59 Å². The molecular formula is C24H31N3O2. The number of amides is 2. The standard InChI is InChI=1S/C24H31N3O2/c1-3-26(4-2)23(20-12-6-5-7-13-20)24(29)25-18-19-11-10-14-21(17-19)27-16-9-8-15-22(27)28/h5-7,10-14,17,23H,3-4,8-9,15-16,18H2,1-2H3,(H,25,29). The van der Waals surface area contributed by atoms with Gasteiger partial charge >= 0.3 is 0 Å². The molecule has 2 aromatic carbocycles. The Kier molecular flexibility index (Phi) is 7.42. The molecule has 2 aromatic rings.